The van der Waals surface area contributed by atoms with E-state index in [-0.39, 0.29) is 5.78 Å². The number of fused-ring (bicyclic) bond motifs is 1. The molecule has 0 amide bonds. The fraction of sp³-hybridized carbons (Fsp3) is 0.467. The van der Waals surface area contributed by atoms with Gasteiger partial charge in [0.15, 0.2) is 11.9 Å². The van der Waals surface area contributed by atoms with Crippen LogP contribution in [0.2, 0.25) is 0 Å². The van der Waals surface area contributed by atoms with Crippen molar-refractivity contribution in [3.63, 3.8) is 0 Å². The van der Waals surface area contributed by atoms with Gasteiger partial charge in [0, 0.05) is 6.42 Å². The molecule has 1 aromatic carbocycles. The second-order valence-electron chi connectivity index (χ2n) is 4.58. The van der Waals surface area contributed by atoms with Crippen LogP contribution in [0.3, 0.4) is 0 Å². The van der Waals surface area contributed by atoms with Crippen LogP contribution in [-0.4, -0.2) is 24.5 Å². The molecule has 0 saturated heterocycles. The van der Waals surface area contributed by atoms with Gasteiger partial charge in [0.1, 0.15) is 5.75 Å². The number of hydrogen-bond acceptors (Lipinski definition) is 4. The summed E-state index contributed by atoms with van der Waals surface area (Å²) in [6, 6.07) is 5.52. The minimum atomic E-state index is -0.707. The number of aryl methyl sites for hydroxylation is 1. The van der Waals surface area contributed by atoms with Crippen molar-refractivity contribution in [1.82, 2.24) is 0 Å². The van der Waals surface area contributed by atoms with E-state index in [4.69, 9.17) is 9.47 Å². The lowest BCUT2D eigenvalue weighted by Crippen LogP contribution is -2.27. The van der Waals surface area contributed by atoms with Crippen LogP contribution >= 0.6 is 0 Å². The lowest BCUT2D eigenvalue weighted by Gasteiger charge is -2.20. The Balaban J connectivity index is 2.21. The highest BCUT2D eigenvalue weighted by Gasteiger charge is 2.24. The van der Waals surface area contributed by atoms with E-state index in [2.05, 4.69) is 0 Å². The second-order valence-corrected chi connectivity index (χ2v) is 4.58. The molecule has 0 radical (unpaired) electrons. The molecular weight excluding hydrogens is 244 g/mol. The third-order valence-electron chi connectivity index (χ3n) is 3.16. The van der Waals surface area contributed by atoms with Crippen molar-refractivity contribution in [1.29, 1.82) is 0 Å². The lowest BCUT2D eigenvalue weighted by atomic mass is 9.90. The number of hydrogen-bond donors (Lipinski definition) is 0. The average molecular weight is 262 g/mol. The van der Waals surface area contributed by atoms with Gasteiger partial charge in [0.05, 0.1) is 12.2 Å². The summed E-state index contributed by atoms with van der Waals surface area (Å²) in [7, 11) is 0. The molecule has 1 aliphatic carbocycles. The van der Waals surface area contributed by atoms with Gasteiger partial charge in [-0.3, -0.25) is 4.79 Å². The Hall–Kier alpha value is -1.84. The van der Waals surface area contributed by atoms with E-state index in [1.807, 2.05) is 12.1 Å². The Morgan fingerprint density at radius 2 is 2.16 bits per heavy atom. The summed E-state index contributed by atoms with van der Waals surface area (Å²) in [6.45, 7) is 3.70. The highest BCUT2D eigenvalue weighted by Crippen LogP contribution is 2.30. The topological polar surface area (TPSA) is 52.6 Å². The SMILES string of the molecule is CCOC(=O)C(C)Oc1cccc2c1C(=O)CCC2. The zero-order valence-electron chi connectivity index (χ0n) is 11.3. The molecule has 0 aliphatic heterocycles. The van der Waals surface area contributed by atoms with E-state index in [0.717, 1.165) is 18.4 Å². The summed E-state index contributed by atoms with van der Waals surface area (Å²) in [5.41, 5.74) is 1.63. The van der Waals surface area contributed by atoms with Crippen LogP contribution in [-0.2, 0) is 16.0 Å². The molecule has 102 valence electrons. The minimum Gasteiger partial charge on any atom is -0.478 e. The largest absolute Gasteiger partial charge is 0.478 e. The Bertz CT molecular complexity index is 493. The molecule has 0 fully saturated rings. The Labute approximate surface area is 112 Å². The maximum atomic E-state index is 12.0. The third-order valence-corrected chi connectivity index (χ3v) is 3.16. The van der Waals surface area contributed by atoms with Crippen molar-refractivity contribution in [2.45, 2.75) is 39.2 Å². The summed E-state index contributed by atoms with van der Waals surface area (Å²) < 4.78 is 10.5. The molecule has 0 spiro atoms. The highest BCUT2D eigenvalue weighted by atomic mass is 16.6. The van der Waals surface area contributed by atoms with Gasteiger partial charge in [-0.05, 0) is 38.3 Å². The van der Waals surface area contributed by atoms with Gasteiger partial charge in [0.2, 0.25) is 0 Å². The first-order valence-electron chi connectivity index (χ1n) is 6.62. The lowest BCUT2D eigenvalue weighted by molar-refractivity contribution is -0.150. The van der Waals surface area contributed by atoms with Gasteiger partial charge in [-0.1, -0.05) is 12.1 Å². The number of esters is 1. The van der Waals surface area contributed by atoms with Crippen molar-refractivity contribution in [3.05, 3.63) is 29.3 Å². The van der Waals surface area contributed by atoms with Gasteiger partial charge in [-0.15, -0.1) is 0 Å². The molecule has 2 rings (SSSR count). The zero-order chi connectivity index (χ0) is 13.8. The first kappa shape index (κ1) is 13.6. The van der Waals surface area contributed by atoms with Crippen molar-refractivity contribution in [2.75, 3.05) is 6.61 Å². The molecule has 19 heavy (non-hydrogen) atoms. The number of ketones is 1. The van der Waals surface area contributed by atoms with Crippen molar-refractivity contribution in [2.24, 2.45) is 0 Å². The normalized spacial score (nSPS) is 15.6. The third kappa shape index (κ3) is 2.95. The number of carbonyl (C=O) groups is 2. The van der Waals surface area contributed by atoms with E-state index in [1.165, 1.54) is 0 Å². The molecule has 0 N–H and O–H groups in total. The van der Waals surface area contributed by atoms with E-state index >= 15 is 0 Å². The number of rotatable bonds is 4. The Morgan fingerprint density at radius 1 is 1.37 bits per heavy atom. The molecule has 0 bridgehead atoms. The maximum absolute atomic E-state index is 12.0. The van der Waals surface area contributed by atoms with Gasteiger partial charge in [0.25, 0.3) is 0 Å². The van der Waals surface area contributed by atoms with Gasteiger partial charge >= 0.3 is 5.97 Å². The molecule has 4 nitrogen and oxygen atoms in total. The van der Waals surface area contributed by atoms with Crippen LogP contribution < -0.4 is 4.74 Å². The van der Waals surface area contributed by atoms with Crippen LogP contribution in [0, 0.1) is 0 Å². The molecule has 0 saturated carbocycles. The van der Waals surface area contributed by atoms with E-state index in [1.54, 1.807) is 19.9 Å². The number of benzene rings is 1. The van der Waals surface area contributed by atoms with Gasteiger partial charge in [-0.2, -0.15) is 0 Å². The predicted molar refractivity (Wildman–Crippen MR) is 70.4 cm³/mol. The average Bonchev–Trinajstić information content (AvgIpc) is 2.39. The molecule has 0 heterocycles. The minimum absolute atomic E-state index is 0.0907. The molecule has 4 heteroatoms. The summed E-state index contributed by atoms with van der Waals surface area (Å²) in [6.07, 6.45) is 1.59. The second kappa shape index (κ2) is 5.87. The molecular formula is C15H18O4. The van der Waals surface area contributed by atoms with Crippen LogP contribution in [0.25, 0.3) is 0 Å². The van der Waals surface area contributed by atoms with Crippen LogP contribution in [0.15, 0.2) is 18.2 Å². The zero-order valence-corrected chi connectivity index (χ0v) is 11.3. The highest BCUT2D eigenvalue weighted by molar-refractivity contribution is 6.01. The van der Waals surface area contributed by atoms with Crippen molar-refractivity contribution < 1.29 is 19.1 Å². The van der Waals surface area contributed by atoms with Gasteiger partial charge < -0.3 is 9.47 Å². The Morgan fingerprint density at radius 3 is 2.89 bits per heavy atom. The van der Waals surface area contributed by atoms with Crippen LogP contribution in [0.4, 0.5) is 0 Å². The van der Waals surface area contributed by atoms with Crippen LogP contribution in [0.5, 0.6) is 5.75 Å². The van der Waals surface area contributed by atoms with E-state index < -0.39 is 12.1 Å². The fourth-order valence-electron chi connectivity index (χ4n) is 2.26. The fourth-order valence-corrected chi connectivity index (χ4v) is 2.26. The monoisotopic (exact) mass is 262 g/mol. The maximum Gasteiger partial charge on any atom is 0.347 e. The number of ether oxygens (including phenoxy) is 2. The molecule has 0 aromatic heterocycles. The van der Waals surface area contributed by atoms with Gasteiger partial charge in [-0.25, -0.2) is 4.79 Å². The standard InChI is InChI=1S/C15H18O4/c1-3-18-15(17)10(2)19-13-9-5-7-11-6-4-8-12(16)14(11)13/h5,7,9-10H,3-4,6,8H2,1-2H3. The first-order valence-corrected chi connectivity index (χ1v) is 6.62. The molecule has 1 unspecified atom stereocenters. The summed E-state index contributed by atoms with van der Waals surface area (Å²) >= 11 is 0. The quantitative estimate of drug-likeness (QED) is 0.782. The predicted octanol–water partition coefficient (Wildman–Crippen LogP) is 2.54. The molecule has 1 atom stereocenters. The van der Waals surface area contributed by atoms with E-state index in [9.17, 15) is 9.59 Å². The molecule has 1 aromatic rings. The number of Topliss-reactive ketones (excluding diaryl/α,β-unsaturated/α-hetero) is 1. The summed E-state index contributed by atoms with van der Waals surface area (Å²) in [5.74, 6) is 0.166. The van der Waals surface area contributed by atoms with Crippen LogP contribution in [0.1, 0.15) is 42.6 Å². The smallest absolute Gasteiger partial charge is 0.347 e. The van der Waals surface area contributed by atoms with Crippen molar-refractivity contribution >= 4 is 11.8 Å². The molecule has 1 aliphatic rings. The Kier molecular flexibility index (Phi) is 4.20. The summed E-state index contributed by atoms with van der Waals surface area (Å²) in [5, 5.41) is 0. The van der Waals surface area contributed by atoms with E-state index in [0.29, 0.717) is 24.3 Å². The first-order chi connectivity index (χ1) is 9.13. The number of carbonyl (C=O) groups excluding carboxylic acids is 2. The summed E-state index contributed by atoms with van der Waals surface area (Å²) in [4.78, 5) is 23.6. The van der Waals surface area contributed by atoms with Crippen molar-refractivity contribution in [3.8, 4) is 5.75 Å².